The van der Waals surface area contributed by atoms with Crippen LogP contribution in [-0.4, -0.2) is 22.1 Å². The van der Waals surface area contributed by atoms with E-state index in [9.17, 15) is 5.11 Å². The van der Waals surface area contributed by atoms with Crippen molar-refractivity contribution in [1.82, 2.24) is 4.98 Å². The van der Waals surface area contributed by atoms with E-state index in [1.54, 1.807) is 12.1 Å². The molecule has 2 aromatic rings. The number of rotatable bonds is 3. The van der Waals surface area contributed by atoms with Gasteiger partial charge in [0.25, 0.3) is 0 Å². The standard InChI is InChI=1S/C15H17N3OS/c1-9-8-13(14(15(16)20)10(2)17-9)18(3)11-4-6-12(19)7-5-11/h4-8,19H,1-3H3,(H2,16,20). The average molecular weight is 287 g/mol. The lowest BCUT2D eigenvalue weighted by atomic mass is 10.1. The van der Waals surface area contributed by atoms with E-state index in [-0.39, 0.29) is 5.75 Å². The first kappa shape index (κ1) is 14.3. The van der Waals surface area contributed by atoms with Crippen LogP contribution in [-0.2, 0) is 0 Å². The maximum atomic E-state index is 9.37. The van der Waals surface area contributed by atoms with Crippen LogP contribution in [0, 0.1) is 13.8 Å². The Balaban J connectivity index is 2.56. The third-order valence-corrected chi connectivity index (χ3v) is 3.36. The normalized spacial score (nSPS) is 10.3. The Morgan fingerprint density at radius 3 is 2.40 bits per heavy atom. The molecule has 0 atom stereocenters. The average Bonchev–Trinajstić information content (AvgIpc) is 2.37. The largest absolute Gasteiger partial charge is 0.508 e. The van der Waals surface area contributed by atoms with Crippen molar-refractivity contribution in [3.63, 3.8) is 0 Å². The van der Waals surface area contributed by atoms with Crippen LogP contribution >= 0.6 is 12.2 Å². The van der Waals surface area contributed by atoms with Gasteiger partial charge in [-0.3, -0.25) is 4.98 Å². The van der Waals surface area contributed by atoms with Crippen LogP contribution in [0.5, 0.6) is 5.75 Å². The minimum atomic E-state index is 0.235. The van der Waals surface area contributed by atoms with E-state index in [1.165, 1.54) is 0 Å². The van der Waals surface area contributed by atoms with Gasteiger partial charge in [-0.1, -0.05) is 12.2 Å². The zero-order chi connectivity index (χ0) is 14.9. The third kappa shape index (κ3) is 2.72. The Morgan fingerprint density at radius 1 is 1.25 bits per heavy atom. The van der Waals surface area contributed by atoms with Gasteiger partial charge in [0.2, 0.25) is 0 Å². The zero-order valence-corrected chi connectivity index (χ0v) is 12.5. The van der Waals surface area contributed by atoms with E-state index in [0.717, 1.165) is 28.3 Å². The summed E-state index contributed by atoms with van der Waals surface area (Å²) in [4.78, 5) is 6.72. The Labute approximate surface area is 123 Å². The molecule has 0 saturated carbocycles. The monoisotopic (exact) mass is 287 g/mol. The number of aryl methyl sites for hydroxylation is 2. The molecule has 0 amide bonds. The number of nitrogens with zero attached hydrogens (tertiary/aromatic N) is 2. The van der Waals surface area contributed by atoms with Crippen molar-refractivity contribution in [2.24, 2.45) is 5.73 Å². The molecule has 1 heterocycles. The Morgan fingerprint density at radius 2 is 1.85 bits per heavy atom. The van der Waals surface area contributed by atoms with Gasteiger partial charge in [-0.25, -0.2) is 0 Å². The van der Waals surface area contributed by atoms with Crippen LogP contribution in [0.25, 0.3) is 0 Å². The minimum Gasteiger partial charge on any atom is -0.508 e. The fourth-order valence-electron chi connectivity index (χ4n) is 2.19. The van der Waals surface area contributed by atoms with Crippen molar-refractivity contribution < 1.29 is 5.11 Å². The van der Waals surface area contributed by atoms with Crippen molar-refractivity contribution >= 4 is 28.6 Å². The molecule has 1 aromatic carbocycles. The van der Waals surface area contributed by atoms with Crippen molar-refractivity contribution in [3.8, 4) is 5.75 Å². The number of hydrogen-bond acceptors (Lipinski definition) is 4. The maximum absolute atomic E-state index is 9.37. The summed E-state index contributed by atoms with van der Waals surface area (Å²) in [5.74, 6) is 0.235. The third-order valence-electron chi connectivity index (χ3n) is 3.15. The van der Waals surface area contributed by atoms with Gasteiger partial charge in [0.05, 0.1) is 11.3 Å². The van der Waals surface area contributed by atoms with Crippen LogP contribution < -0.4 is 10.6 Å². The number of hydrogen-bond donors (Lipinski definition) is 2. The topological polar surface area (TPSA) is 62.4 Å². The fourth-order valence-corrected chi connectivity index (χ4v) is 2.44. The first-order valence-corrected chi connectivity index (χ1v) is 6.62. The van der Waals surface area contributed by atoms with Crippen molar-refractivity contribution in [3.05, 3.63) is 47.3 Å². The van der Waals surface area contributed by atoms with Gasteiger partial charge in [0.15, 0.2) is 0 Å². The molecular weight excluding hydrogens is 270 g/mol. The number of anilines is 2. The van der Waals surface area contributed by atoms with Gasteiger partial charge in [-0.2, -0.15) is 0 Å². The van der Waals surface area contributed by atoms with Gasteiger partial charge in [0, 0.05) is 24.1 Å². The van der Waals surface area contributed by atoms with Crippen molar-refractivity contribution in [2.45, 2.75) is 13.8 Å². The molecule has 0 unspecified atom stereocenters. The fraction of sp³-hybridized carbons (Fsp3) is 0.200. The van der Waals surface area contributed by atoms with Gasteiger partial charge in [0.1, 0.15) is 10.7 Å². The molecule has 0 bridgehead atoms. The molecule has 1 aromatic heterocycles. The maximum Gasteiger partial charge on any atom is 0.115 e. The molecule has 4 nitrogen and oxygen atoms in total. The van der Waals surface area contributed by atoms with E-state index in [2.05, 4.69) is 4.98 Å². The Kier molecular flexibility index (Phi) is 3.90. The van der Waals surface area contributed by atoms with Gasteiger partial charge < -0.3 is 15.7 Å². The summed E-state index contributed by atoms with van der Waals surface area (Å²) >= 11 is 5.14. The Hall–Kier alpha value is -2.14. The van der Waals surface area contributed by atoms with Crippen LogP contribution in [0.4, 0.5) is 11.4 Å². The molecule has 0 aliphatic carbocycles. The van der Waals surface area contributed by atoms with E-state index < -0.39 is 0 Å². The number of aromatic hydroxyl groups is 1. The Bertz CT molecular complexity index is 653. The minimum absolute atomic E-state index is 0.235. The second-order valence-electron chi connectivity index (χ2n) is 4.68. The molecule has 0 spiro atoms. The highest BCUT2D eigenvalue weighted by Crippen LogP contribution is 2.30. The van der Waals surface area contributed by atoms with E-state index in [1.807, 2.05) is 44.0 Å². The number of pyridine rings is 1. The molecule has 0 aliphatic rings. The predicted molar refractivity (Wildman–Crippen MR) is 85.8 cm³/mol. The highest BCUT2D eigenvalue weighted by molar-refractivity contribution is 7.80. The summed E-state index contributed by atoms with van der Waals surface area (Å²) in [5, 5.41) is 9.37. The number of phenols is 1. The summed E-state index contributed by atoms with van der Waals surface area (Å²) in [5.41, 5.74) is 10.2. The summed E-state index contributed by atoms with van der Waals surface area (Å²) in [7, 11) is 1.93. The molecule has 0 aliphatic heterocycles. The molecule has 0 fully saturated rings. The second-order valence-corrected chi connectivity index (χ2v) is 5.12. The van der Waals surface area contributed by atoms with Crippen LogP contribution in [0.1, 0.15) is 17.0 Å². The summed E-state index contributed by atoms with van der Waals surface area (Å²) in [6.45, 7) is 3.83. The van der Waals surface area contributed by atoms with Crippen molar-refractivity contribution in [2.75, 3.05) is 11.9 Å². The summed E-state index contributed by atoms with van der Waals surface area (Å²) in [6, 6.07) is 8.92. The number of benzene rings is 1. The highest BCUT2D eigenvalue weighted by Gasteiger charge is 2.15. The number of nitrogens with two attached hydrogens (primary N) is 1. The predicted octanol–water partition coefficient (Wildman–Crippen LogP) is 2.81. The van der Waals surface area contributed by atoms with Crippen LogP contribution in [0.3, 0.4) is 0 Å². The SMILES string of the molecule is Cc1cc(N(C)c2ccc(O)cc2)c(C(N)=S)c(C)n1. The highest BCUT2D eigenvalue weighted by atomic mass is 32.1. The summed E-state index contributed by atoms with van der Waals surface area (Å²) in [6.07, 6.45) is 0. The quantitative estimate of drug-likeness (QED) is 0.850. The summed E-state index contributed by atoms with van der Waals surface area (Å²) < 4.78 is 0. The number of phenolic OH excluding ortho intramolecular Hbond substituents is 1. The van der Waals surface area contributed by atoms with Crippen molar-refractivity contribution in [1.29, 1.82) is 0 Å². The first-order chi connectivity index (χ1) is 9.40. The zero-order valence-electron chi connectivity index (χ0n) is 11.7. The molecule has 20 heavy (non-hydrogen) atoms. The van der Waals surface area contributed by atoms with Crippen LogP contribution in [0.2, 0.25) is 0 Å². The number of aromatic nitrogens is 1. The molecule has 0 radical (unpaired) electrons. The van der Waals surface area contributed by atoms with Gasteiger partial charge >= 0.3 is 0 Å². The van der Waals surface area contributed by atoms with Crippen LogP contribution in [0.15, 0.2) is 30.3 Å². The molecule has 0 saturated heterocycles. The molecule has 3 N–H and O–H groups in total. The molecular formula is C15H17N3OS. The van der Waals surface area contributed by atoms with E-state index in [0.29, 0.717) is 4.99 Å². The lowest BCUT2D eigenvalue weighted by molar-refractivity contribution is 0.475. The number of thiocarbonyl (C=S) groups is 1. The molecule has 2 rings (SSSR count). The van der Waals surface area contributed by atoms with Gasteiger partial charge in [-0.15, -0.1) is 0 Å². The van der Waals surface area contributed by atoms with E-state index in [4.69, 9.17) is 18.0 Å². The lowest BCUT2D eigenvalue weighted by Crippen LogP contribution is -2.20. The van der Waals surface area contributed by atoms with E-state index >= 15 is 0 Å². The van der Waals surface area contributed by atoms with Gasteiger partial charge in [-0.05, 0) is 44.2 Å². The smallest absolute Gasteiger partial charge is 0.115 e. The second kappa shape index (κ2) is 5.46. The first-order valence-electron chi connectivity index (χ1n) is 6.21. The molecule has 104 valence electrons. The molecule has 5 heteroatoms. The lowest BCUT2D eigenvalue weighted by Gasteiger charge is -2.23.